The van der Waals surface area contributed by atoms with Crippen molar-refractivity contribution < 1.29 is 4.39 Å². The molecule has 0 aliphatic rings. The number of thioether (sulfide) groups is 1. The lowest BCUT2D eigenvalue weighted by molar-refractivity contribution is 0.603. The standard InChI is InChI=1S/C16H13FN2S/c17-14-9-13(18)4-6-16(14)20-10-11-3-5-15-12(8-11)2-1-7-19-15/h1-9H,10,18H2. The van der Waals surface area contributed by atoms with Gasteiger partial charge in [-0.3, -0.25) is 4.98 Å². The third-order valence-electron chi connectivity index (χ3n) is 3.02. The van der Waals surface area contributed by atoms with Gasteiger partial charge in [0.2, 0.25) is 0 Å². The summed E-state index contributed by atoms with van der Waals surface area (Å²) in [5.41, 5.74) is 8.11. The Labute approximate surface area is 120 Å². The molecule has 0 radical (unpaired) electrons. The lowest BCUT2D eigenvalue weighted by atomic mass is 10.1. The summed E-state index contributed by atoms with van der Waals surface area (Å²) in [5, 5.41) is 1.10. The lowest BCUT2D eigenvalue weighted by Gasteiger charge is -2.05. The van der Waals surface area contributed by atoms with Crippen molar-refractivity contribution in [1.29, 1.82) is 0 Å². The molecule has 3 rings (SSSR count). The van der Waals surface area contributed by atoms with Gasteiger partial charge in [0.1, 0.15) is 5.82 Å². The van der Waals surface area contributed by atoms with Crippen LogP contribution in [0.25, 0.3) is 10.9 Å². The lowest BCUT2D eigenvalue weighted by Crippen LogP contribution is -1.89. The number of fused-ring (bicyclic) bond motifs is 1. The average molecular weight is 284 g/mol. The normalized spacial score (nSPS) is 10.8. The van der Waals surface area contributed by atoms with E-state index in [1.165, 1.54) is 17.8 Å². The van der Waals surface area contributed by atoms with Gasteiger partial charge in [-0.15, -0.1) is 11.8 Å². The number of anilines is 1. The molecule has 0 spiro atoms. The first-order chi connectivity index (χ1) is 9.72. The Morgan fingerprint density at radius 1 is 1.10 bits per heavy atom. The van der Waals surface area contributed by atoms with Crippen molar-refractivity contribution in [3.8, 4) is 0 Å². The number of rotatable bonds is 3. The van der Waals surface area contributed by atoms with E-state index in [-0.39, 0.29) is 5.82 Å². The van der Waals surface area contributed by atoms with Crippen molar-refractivity contribution in [3.63, 3.8) is 0 Å². The van der Waals surface area contributed by atoms with E-state index in [0.29, 0.717) is 16.3 Å². The van der Waals surface area contributed by atoms with Gasteiger partial charge in [0.15, 0.2) is 0 Å². The van der Waals surface area contributed by atoms with Gasteiger partial charge in [0.05, 0.1) is 5.52 Å². The van der Waals surface area contributed by atoms with Crippen molar-refractivity contribution in [3.05, 3.63) is 66.1 Å². The number of halogens is 1. The second-order valence-electron chi connectivity index (χ2n) is 4.51. The number of nitrogens with zero attached hydrogens (tertiary/aromatic N) is 1. The van der Waals surface area contributed by atoms with Crippen LogP contribution in [0, 0.1) is 5.82 Å². The minimum absolute atomic E-state index is 0.266. The summed E-state index contributed by atoms with van der Waals surface area (Å²) in [6.07, 6.45) is 1.78. The molecule has 2 nitrogen and oxygen atoms in total. The van der Waals surface area contributed by atoms with Crippen LogP contribution in [0.2, 0.25) is 0 Å². The van der Waals surface area contributed by atoms with Crippen LogP contribution in [-0.2, 0) is 5.75 Å². The molecule has 0 fully saturated rings. The van der Waals surface area contributed by atoms with Crippen molar-refractivity contribution in [2.24, 2.45) is 0 Å². The molecule has 0 atom stereocenters. The smallest absolute Gasteiger partial charge is 0.138 e. The van der Waals surface area contributed by atoms with Gasteiger partial charge in [-0.2, -0.15) is 0 Å². The van der Waals surface area contributed by atoms with Gasteiger partial charge in [-0.1, -0.05) is 12.1 Å². The van der Waals surface area contributed by atoms with Crippen LogP contribution in [0.3, 0.4) is 0 Å². The molecule has 2 N–H and O–H groups in total. The molecule has 0 bridgehead atoms. The highest BCUT2D eigenvalue weighted by Gasteiger charge is 2.04. The molecular formula is C16H13FN2S. The van der Waals surface area contributed by atoms with Gasteiger partial charge >= 0.3 is 0 Å². The first kappa shape index (κ1) is 12.9. The zero-order valence-corrected chi connectivity index (χ0v) is 11.5. The highest BCUT2D eigenvalue weighted by Crippen LogP contribution is 2.27. The van der Waals surface area contributed by atoms with Crippen molar-refractivity contribution in [1.82, 2.24) is 4.98 Å². The fraction of sp³-hybridized carbons (Fsp3) is 0.0625. The molecule has 0 aliphatic carbocycles. The largest absolute Gasteiger partial charge is 0.399 e. The van der Waals surface area contributed by atoms with E-state index in [2.05, 4.69) is 11.1 Å². The SMILES string of the molecule is Nc1ccc(SCc2ccc3ncccc3c2)c(F)c1. The maximum atomic E-state index is 13.7. The molecule has 1 aromatic heterocycles. The van der Waals surface area contributed by atoms with Gasteiger partial charge < -0.3 is 5.73 Å². The molecular weight excluding hydrogens is 271 g/mol. The third-order valence-corrected chi connectivity index (χ3v) is 4.14. The van der Waals surface area contributed by atoms with E-state index >= 15 is 0 Å². The Morgan fingerprint density at radius 3 is 2.85 bits per heavy atom. The molecule has 0 saturated carbocycles. The molecule has 2 aromatic carbocycles. The van der Waals surface area contributed by atoms with Crippen LogP contribution in [-0.4, -0.2) is 4.98 Å². The highest BCUT2D eigenvalue weighted by atomic mass is 32.2. The van der Waals surface area contributed by atoms with Crippen LogP contribution >= 0.6 is 11.8 Å². The molecule has 0 unspecified atom stereocenters. The van der Waals surface area contributed by atoms with E-state index in [1.807, 2.05) is 24.3 Å². The van der Waals surface area contributed by atoms with E-state index in [4.69, 9.17) is 5.73 Å². The minimum Gasteiger partial charge on any atom is -0.399 e. The number of hydrogen-bond donors (Lipinski definition) is 1. The van der Waals surface area contributed by atoms with E-state index in [1.54, 1.807) is 18.3 Å². The maximum absolute atomic E-state index is 13.7. The van der Waals surface area contributed by atoms with E-state index < -0.39 is 0 Å². The van der Waals surface area contributed by atoms with Crippen LogP contribution in [0.15, 0.2) is 59.6 Å². The Kier molecular flexibility index (Phi) is 3.56. The molecule has 0 saturated heterocycles. The number of pyridine rings is 1. The average Bonchev–Trinajstić information content (AvgIpc) is 2.46. The fourth-order valence-electron chi connectivity index (χ4n) is 2.01. The predicted molar refractivity (Wildman–Crippen MR) is 82.1 cm³/mol. The maximum Gasteiger partial charge on any atom is 0.138 e. The molecule has 3 aromatic rings. The first-order valence-corrected chi connectivity index (χ1v) is 7.22. The molecule has 100 valence electrons. The van der Waals surface area contributed by atoms with Crippen molar-refractivity contribution in [2.45, 2.75) is 10.6 Å². The zero-order valence-electron chi connectivity index (χ0n) is 10.7. The quantitative estimate of drug-likeness (QED) is 0.577. The summed E-state index contributed by atoms with van der Waals surface area (Å²) in [5.74, 6) is 0.448. The second-order valence-corrected chi connectivity index (χ2v) is 5.53. The number of nitrogens with two attached hydrogens (primary N) is 1. The number of nitrogen functional groups attached to an aromatic ring is 1. The monoisotopic (exact) mass is 284 g/mol. The summed E-state index contributed by atoms with van der Waals surface area (Å²) in [6.45, 7) is 0. The Balaban J connectivity index is 1.79. The Bertz CT molecular complexity index is 758. The molecule has 0 aliphatic heterocycles. The molecule has 1 heterocycles. The third kappa shape index (κ3) is 2.75. The zero-order chi connectivity index (χ0) is 13.9. The van der Waals surface area contributed by atoms with Gasteiger partial charge in [-0.25, -0.2) is 4.39 Å². The van der Waals surface area contributed by atoms with Crippen LogP contribution in [0.4, 0.5) is 10.1 Å². The summed E-state index contributed by atoms with van der Waals surface area (Å²) < 4.78 is 13.7. The van der Waals surface area contributed by atoms with E-state index in [9.17, 15) is 4.39 Å². The summed E-state index contributed by atoms with van der Waals surface area (Å²) >= 11 is 1.47. The Hall–Kier alpha value is -2.07. The Morgan fingerprint density at radius 2 is 2.00 bits per heavy atom. The minimum atomic E-state index is -0.266. The van der Waals surface area contributed by atoms with Crippen LogP contribution < -0.4 is 5.73 Å². The van der Waals surface area contributed by atoms with Crippen LogP contribution in [0.1, 0.15) is 5.56 Å². The predicted octanol–water partition coefficient (Wildman–Crippen LogP) is 4.25. The van der Waals surface area contributed by atoms with Gasteiger partial charge in [0, 0.05) is 27.9 Å². The summed E-state index contributed by atoms with van der Waals surface area (Å²) in [4.78, 5) is 4.90. The van der Waals surface area contributed by atoms with Crippen molar-refractivity contribution >= 4 is 28.4 Å². The van der Waals surface area contributed by atoms with Gasteiger partial charge in [0.25, 0.3) is 0 Å². The molecule has 0 amide bonds. The van der Waals surface area contributed by atoms with E-state index in [0.717, 1.165) is 16.5 Å². The summed E-state index contributed by atoms with van der Waals surface area (Å²) in [6, 6.07) is 14.8. The topological polar surface area (TPSA) is 38.9 Å². The fourth-order valence-corrected chi connectivity index (χ4v) is 2.87. The molecule has 4 heteroatoms. The van der Waals surface area contributed by atoms with Crippen molar-refractivity contribution in [2.75, 3.05) is 5.73 Å². The van der Waals surface area contributed by atoms with Gasteiger partial charge in [-0.05, 0) is 42.0 Å². The number of aromatic nitrogens is 1. The first-order valence-electron chi connectivity index (χ1n) is 6.24. The molecule has 20 heavy (non-hydrogen) atoms. The summed E-state index contributed by atoms with van der Waals surface area (Å²) in [7, 11) is 0. The highest BCUT2D eigenvalue weighted by molar-refractivity contribution is 7.98. The number of hydrogen-bond acceptors (Lipinski definition) is 3. The van der Waals surface area contributed by atoms with Crippen LogP contribution in [0.5, 0.6) is 0 Å². The number of benzene rings is 2. The second kappa shape index (κ2) is 5.51.